The molecular formula is C11H8N2O. The Balaban J connectivity index is 2.57. The minimum atomic E-state index is 0.307. The highest BCUT2D eigenvalue weighted by molar-refractivity contribution is 6.02. The van der Waals surface area contributed by atoms with Crippen LogP contribution in [-0.4, -0.2) is 15.9 Å². The second-order valence-electron chi connectivity index (χ2n) is 3.24. The lowest BCUT2D eigenvalue weighted by atomic mass is 10.1. The van der Waals surface area contributed by atoms with E-state index in [9.17, 15) is 5.11 Å². The van der Waals surface area contributed by atoms with Gasteiger partial charge in [-0.15, -0.1) is 0 Å². The normalized spacial score (nSPS) is 13.4. The Morgan fingerprint density at radius 2 is 2.21 bits per heavy atom. The largest absolute Gasteiger partial charge is 0.506 e. The summed E-state index contributed by atoms with van der Waals surface area (Å²) in [4.78, 5) is 4.10. The van der Waals surface area contributed by atoms with Crippen molar-refractivity contribution in [2.24, 2.45) is 4.99 Å². The fourth-order valence-electron chi connectivity index (χ4n) is 1.78. The first kappa shape index (κ1) is 7.38. The van der Waals surface area contributed by atoms with Gasteiger partial charge in [-0.25, -0.2) is 0 Å². The number of aliphatic imine (C=N–C) groups is 1. The van der Waals surface area contributed by atoms with Gasteiger partial charge >= 0.3 is 0 Å². The van der Waals surface area contributed by atoms with Crippen LogP contribution in [-0.2, 0) is 0 Å². The second kappa shape index (κ2) is 2.48. The third-order valence-electron chi connectivity index (χ3n) is 2.39. The zero-order valence-corrected chi connectivity index (χ0v) is 7.38. The van der Waals surface area contributed by atoms with Crippen LogP contribution in [0.4, 0.5) is 0 Å². The molecule has 0 aliphatic carbocycles. The average molecular weight is 184 g/mol. The van der Waals surface area contributed by atoms with E-state index in [1.165, 1.54) is 0 Å². The van der Waals surface area contributed by atoms with Gasteiger partial charge in [-0.05, 0) is 6.07 Å². The number of aromatic hydroxyl groups is 1. The van der Waals surface area contributed by atoms with Gasteiger partial charge in [0.1, 0.15) is 5.75 Å². The first-order valence-electron chi connectivity index (χ1n) is 4.38. The summed E-state index contributed by atoms with van der Waals surface area (Å²) >= 11 is 0. The predicted octanol–water partition coefficient (Wildman–Crippen LogP) is 2.21. The lowest BCUT2D eigenvalue weighted by Crippen LogP contribution is -1.86. The molecule has 2 aromatic rings. The molecule has 0 fully saturated rings. The number of benzene rings is 1. The first-order chi connectivity index (χ1) is 6.86. The fraction of sp³-hybridized carbons (Fsp3) is 0. The van der Waals surface area contributed by atoms with Crippen LogP contribution in [0.15, 0.2) is 35.6 Å². The van der Waals surface area contributed by atoms with Gasteiger partial charge in [-0.1, -0.05) is 12.1 Å². The van der Waals surface area contributed by atoms with E-state index in [4.69, 9.17) is 0 Å². The topological polar surface area (TPSA) is 37.5 Å². The summed E-state index contributed by atoms with van der Waals surface area (Å²) in [6.07, 6.45) is 7.02. The number of rotatable bonds is 0. The van der Waals surface area contributed by atoms with Crippen LogP contribution in [0.2, 0.25) is 0 Å². The van der Waals surface area contributed by atoms with E-state index < -0.39 is 0 Å². The molecule has 0 bridgehead atoms. The van der Waals surface area contributed by atoms with Crippen molar-refractivity contribution in [3.8, 4) is 5.75 Å². The van der Waals surface area contributed by atoms with E-state index in [1.807, 2.05) is 29.0 Å². The Labute approximate surface area is 80.6 Å². The number of aromatic nitrogens is 1. The SMILES string of the molecule is Oc1cn2c3c(cccc13)C=NC=C2. The summed E-state index contributed by atoms with van der Waals surface area (Å²) in [5.41, 5.74) is 2.02. The molecule has 1 aliphatic heterocycles. The Morgan fingerprint density at radius 3 is 3.14 bits per heavy atom. The van der Waals surface area contributed by atoms with Crippen LogP contribution in [0.25, 0.3) is 17.1 Å². The number of hydrogen-bond acceptors (Lipinski definition) is 2. The molecule has 0 unspecified atom stereocenters. The third kappa shape index (κ3) is 0.836. The molecule has 1 aliphatic rings. The molecule has 0 saturated carbocycles. The van der Waals surface area contributed by atoms with Crippen LogP contribution >= 0.6 is 0 Å². The molecule has 1 aromatic heterocycles. The summed E-state index contributed by atoms with van der Waals surface area (Å²) in [7, 11) is 0. The van der Waals surface area contributed by atoms with Crippen LogP contribution in [0, 0.1) is 0 Å². The molecule has 0 atom stereocenters. The molecule has 68 valence electrons. The van der Waals surface area contributed by atoms with Crippen molar-refractivity contribution in [3.63, 3.8) is 0 Å². The molecule has 3 nitrogen and oxygen atoms in total. The van der Waals surface area contributed by atoms with E-state index in [-0.39, 0.29) is 0 Å². The van der Waals surface area contributed by atoms with Gasteiger partial charge in [-0.3, -0.25) is 4.99 Å². The molecular weight excluding hydrogens is 176 g/mol. The van der Waals surface area contributed by atoms with E-state index in [2.05, 4.69) is 4.99 Å². The van der Waals surface area contributed by atoms with Crippen molar-refractivity contribution in [2.75, 3.05) is 0 Å². The lowest BCUT2D eigenvalue weighted by molar-refractivity contribution is 0.481. The number of hydrogen-bond donors (Lipinski definition) is 1. The first-order valence-corrected chi connectivity index (χ1v) is 4.38. The highest BCUT2D eigenvalue weighted by Gasteiger charge is 2.09. The maximum Gasteiger partial charge on any atom is 0.141 e. The standard InChI is InChI=1S/C11H8N2O/c14-10-7-13-5-4-12-6-8-2-1-3-9(10)11(8)13/h1-7,14H. The maximum absolute atomic E-state index is 9.67. The third-order valence-corrected chi connectivity index (χ3v) is 2.39. The molecule has 1 aromatic carbocycles. The minimum Gasteiger partial charge on any atom is -0.506 e. The second-order valence-corrected chi connectivity index (χ2v) is 3.24. The molecule has 3 heteroatoms. The average Bonchev–Trinajstić information content (AvgIpc) is 2.41. The van der Waals surface area contributed by atoms with Crippen molar-refractivity contribution in [3.05, 3.63) is 36.2 Å². The van der Waals surface area contributed by atoms with E-state index >= 15 is 0 Å². The maximum atomic E-state index is 9.67. The molecule has 2 heterocycles. The summed E-state index contributed by atoms with van der Waals surface area (Å²) in [5, 5.41) is 10.5. The lowest BCUT2D eigenvalue weighted by Gasteiger charge is -1.98. The molecule has 14 heavy (non-hydrogen) atoms. The van der Waals surface area contributed by atoms with Crippen molar-refractivity contribution < 1.29 is 5.11 Å². The van der Waals surface area contributed by atoms with Gasteiger partial charge in [0.25, 0.3) is 0 Å². The highest BCUT2D eigenvalue weighted by Crippen LogP contribution is 2.29. The zero-order valence-electron chi connectivity index (χ0n) is 7.38. The van der Waals surface area contributed by atoms with Crippen LogP contribution in [0.1, 0.15) is 5.56 Å². The number of nitrogens with zero attached hydrogens (tertiary/aromatic N) is 2. The predicted molar refractivity (Wildman–Crippen MR) is 56.5 cm³/mol. The van der Waals surface area contributed by atoms with Crippen molar-refractivity contribution in [1.29, 1.82) is 0 Å². The minimum absolute atomic E-state index is 0.307. The molecule has 1 N–H and O–H groups in total. The summed E-state index contributed by atoms with van der Waals surface area (Å²) in [6.45, 7) is 0. The smallest absolute Gasteiger partial charge is 0.141 e. The molecule has 3 rings (SSSR count). The van der Waals surface area contributed by atoms with Crippen molar-refractivity contribution in [1.82, 2.24) is 4.57 Å². The Hall–Kier alpha value is -2.03. The van der Waals surface area contributed by atoms with Gasteiger partial charge < -0.3 is 9.67 Å². The van der Waals surface area contributed by atoms with Gasteiger partial charge in [0.2, 0.25) is 0 Å². The Kier molecular flexibility index (Phi) is 1.31. The van der Waals surface area contributed by atoms with Crippen molar-refractivity contribution >= 4 is 23.3 Å². The molecule has 0 saturated heterocycles. The quantitative estimate of drug-likeness (QED) is 0.669. The summed E-state index contributed by atoms with van der Waals surface area (Å²) < 4.78 is 1.88. The van der Waals surface area contributed by atoms with Gasteiger partial charge in [0.05, 0.1) is 11.7 Å². The van der Waals surface area contributed by atoms with Gasteiger partial charge in [-0.2, -0.15) is 0 Å². The van der Waals surface area contributed by atoms with Gasteiger partial charge in [0, 0.05) is 29.6 Å². The van der Waals surface area contributed by atoms with Crippen LogP contribution < -0.4 is 0 Å². The van der Waals surface area contributed by atoms with E-state index in [0.717, 1.165) is 16.5 Å². The number of para-hydroxylation sites is 1. The van der Waals surface area contributed by atoms with Gasteiger partial charge in [0.15, 0.2) is 0 Å². The Morgan fingerprint density at radius 1 is 1.29 bits per heavy atom. The van der Waals surface area contributed by atoms with Crippen LogP contribution in [0.5, 0.6) is 5.75 Å². The fourth-order valence-corrected chi connectivity index (χ4v) is 1.78. The summed E-state index contributed by atoms with van der Waals surface area (Å²) in [6, 6.07) is 5.80. The Bertz CT molecular complexity index is 564. The highest BCUT2D eigenvalue weighted by atomic mass is 16.3. The molecule has 0 radical (unpaired) electrons. The molecule has 0 spiro atoms. The van der Waals surface area contributed by atoms with Crippen LogP contribution in [0.3, 0.4) is 0 Å². The summed E-state index contributed by atoms with van der Waals surface area (Å²) in [5.74, 6) is 0.307. The van der Waals surface area contributed by atoms with E-state index in [1.54, 1.807) is 18.6 Å². The van der Waals surface area contributed by atoms with E-state index in [0.29, 0.717) is 5.75 Å². The monoisotopic (exact) mass is 184 g/mol. The zero-order chi connectivity index (χ0) is 9.54. The van der Waals surface area contributed by atoms with Crippen molar-refractivity contribution in [2.45, 2.75) is 0 Å². The molecule has 0 amide bonds.